The fourth-order valence-electron chi connectivity index (χ4n) is 3.12. The third-order valence-electron chi connectivity index (χ3n) is 4.84. The van der Waals surface area contributed by atoms with Gasteiger partial charge in [0, 0.05) is 11.6 Å². The minimum atomic E-state index is -0.536. The Morgan fingerprint density at radius 3 is 2.41 bits per heavy atom. The molecule has 0 radical (unpaired) electrons. The third kappa shape index (κ3) is 5.46. The highest BCUT2D eigenvalue weighted by atomic mass is 32.1. The lowest BCUT2D eigenvalue weighted by atomic mass is 10.1. The number of hydrogen-bond donors (Lipinski definition) is 1. The summed E-state index contributed by atoms with van der Waals surface area (Å²) in [6, 6.07) is 16.2. The molecule has 0 atom stereocenters. The van der Waals surface area contributed by atoms with Gasteiger partial charge in [-0.15, -0.1) is 0 Å². The van der Waals surface area contributed by atoms with Gasteiger partial charge in [-0.1, -0.05) is 48.2 Å². The second-order valence-electron chi connectivity index (χ2n) is 7.28. The fourth-order valence-corrected chi connectivity index (χ4v) is 4.82. The van der Waals surface area contributed by atoms with Crippen molar-refractivity contribution in [2.45, 2.75) is 19.8 Å². The van der Waals surface area contributed by atoms with E-state index in [4.69, 9.17) is 4.74 Å². The summed E-state index contributed by atoms with van der Waals surface area (Å²) >= 11 is 2.04. The van der Waals surface area contributed by atoms with Crippen molar-refractivity contribution in [2.75, 3.05) is 11.9 Å². The molecule has 174 valence electrons. The predicted octanol–water partition coefficient (Wildman–Crippen LogP) is 7.02. The number of unbranched alkanes of at least 4 members (excludes halogenated alkanes) is 1. The number of thiazole rings is 1. The minimum Gasteiger partial charge on any atom is -0.494 e. The summed E-state index contributed by atoms with van der Waals surface area (Å²) < 4.78 is 19.2. The molecule has 0 aliphatic rings. The zero-order valence-corrected chi connectivity index (χ0v) is 19.7. The normalized spacial score (nSPS) is 10.8. The Kier molecular flexibility index (Phi) is 7.29. The molecule has 0 aliphatic carbocycles. The number of nitrogens with one attached hydrogen (secondary N) is 1. The average molecular weight is 498 g/mol. The second-order valence-corrected chi connectivity index (χ2v) is 9.34. The van der Waals surface area contributed by atoms with E-state index in [1.807, 2.05) is 24.3 Å². The topological polar surface area (TPSA) is 94.4 Å². The molecule has 10 heteroatoms. The summed E-state index contributed by atoms with van der Waals surface area (Å²) in [5.74, 6) is -0.0801. The molecule has 34 heavy (non-hydrogen) atoms. The molecule has 4 aromatic rings. The van der Waals surface area contributed by atoms with Crippen LogP contribution in [0.15, 0.2) is 60.7 Å². The van der Waals surface area contributed by atoms with Gasteiger partial charge in [0.2, 0.25) is 0 Å². The molecule has 0 saturated heterocycles. The summed E-state index contributed by atoms with van der Waals surface area (Å²) in [5, 5.41) is 13.9. The number of thiophene rings is 1. The molecule has 0 unspecified atom stereocenters. The van der Waals surface area contributed by atoms with E-state index < -0.39 is 10.8 Å². The van der Waals surface area contributed by atoms with Gasteiger partial charge in [0.05, 0.1) is 27.0 Å². The van der Waals surface area contributed by atoms with Crippen molar-refractivity contribution in [2.24, 2.45) is 0 Å². The molecule has 1 N–H and O–H groups in total. The monoisotopic (exact) mass is 497 g/mol. The lowest BCUT2D eigenvalue weighted by molar-refractivity contribution is -0.380. The van der Waals surface area contributed by atoms with Gasteiger partial charge in [-0.05, 0) is 54.4 Å². The van der Waals surface area contributed by atoms with E-state index in [0.29, 0.717) is 17.4 Å². The average Bonchev–Trinajstić information content (AvgIpc) is 3.48. The Morgan fingerprint density at radius 2 is 1.76 bits per heavy atom. The van der Waals surface area contributed by atoms with Gasteiger partial charge in [0.1, 0.15) is 11.6 Å². The van der Waals surface area contributed by atoms with Crippen LogP contribution in [0, 0.1) is 15.9 Å². The van der Waals surface area contributed by atoms with E-state index in [2.05, 4.69) is 17.2 Å². The molecular formula is C24H20FN3O4S2. The van der Waals surface area contributed by atoms with Crippen LogP contribution in [0.2, 0.25) is 0 Å². The standard InChI is InChI=1S/C24H20FN3O4S2/c1-2-3-14-32-18-10-6-15(7-11-18)21-22(16-4-8-17(25)9-5-16)34-24(26-21)27-23(29)19-12-13-20(33-19)28(30)31/h4-13H,2-3,14H2,1H3,(H,26,27,29). The molecule has 0 saturated carbocycles. The van der Waals surface area contributed by atoms with Gasteiger partial charge >= 0.3 is 5.00 Å². The second kappa shape index (κ2) is 10.5. The largest absolute Gasteiger partial charge is 0.494 e. The van der Waals surface area contributed by atoms with Crippen LogP contribution in [0.3, 0.4) is 0 Å². The highest BCUT2D eigenvalue weighted by Gasteiger charge is 2.20. The molecule has 2 aromatic heterocycles. The van der Waals surface area contributed by atoms with E-state index in [-0.39, 0.29) is 15.7 Å². The Bertz CT molecular complexity index is 1300. The highest BCUT2D eigenvalue weighted by molar-refractivity contribution is 7.20. The van der Waals surface area contributed by atoms with Crippen LogP contribution in [-0.2, 0) is 0 Å². The van der Waals surface area contributed by atoms with Gasteiger partial charge in [-0.2, -0.15) is 0 Å². The zero-order chi connectivity index (χ0) is 24.1. The third-order valence-corrected chi connectivity index (χ3v) is 6.90. The molecule has 0 fully saturated rings. The molecule has 4 rings (SSSR count). The molecule has 2 aromatic carbocycles. The van der Waals surface area contributed by atoms with Crippen molar-refractivity contribution in [1.82, 2.24) is 4.98 Å². The first-order valence-corrected chi connectivity index (χ1v) is 12.1. The van der Waals surface area contributed by atoms with Crippen molar-refractivity contribution in [3.05, 3.63) is 81.5 Å². The van der Waals surface area contributed by atoms with Crippen molar-refractivity contribution in [1.29, 1.82) is 0 Å². The van der Waals surface area contributed by atoms with Crippen molar-refractivity contribution >= 4 is 38.7 Å². The number of ether oxygens (including phenoxy) is 1. The molecule has 1 amide bonds. The first-order chi connectivity index (χ1) is 16.4. The van der Waals surface area contributed by atoms with Gasteiger partial charge in [-0.3, -0.25) is 20.2 Å². The van der Waals surface area contributed by atoms with Crippen LogP contribution < -0.4 is 10.1 Å². The predicted molar refractivity (Wildman–Crippen MR) is 132 cm³/mol. The number of nitrogens with zero attached hydrogens (tertiary/aromatic N) is 2. The fraction of sp³-hybridized carbons (Fsp3) is 0.167. The quantitative estimate of drug-likeness (QED) is 0.152. The lowest BCUT2D eigenvalue weighted by Crippen LogP contribution is -2.09. The van der Waals surface area contributed by atoms with E-state index in [1.165, 1.54) is 35.6 Å². The van der Waals surface area contributed by atoms with Gasteiger partial charge < -0.3 is 4.74 Å². The SMILES string of the molecule is CCCCOc1ccc(-c2nc(NC(=O)c3ccc([N+](=O)[O-])s3)sc2-c2ccc(F)cc2)cc1. The van der Waals surface area contributed by atoms with Crippen LogP contribution in [0.5, 0.6) is 5.75 Å². The number of hydrogen-bond acceptors (Lipinski definition) is 7. The van der Waals surface area contributed by atoms with E-state index in [9.17, 15) is 19.3 Å². The number of benzene rings is 2. The van der Waals surface area contributed by atoms with Crippen LogP contribution in [0.25, 0.3) is 21.7 Å². The van der Waals surface area contributed by atoms with Gasteiger partial charge in [-0.25, -0.2) is 9.37 Å². The number of rotatable bonds is 9. The smallest absolute Gasteiger partial charge is 0.324 e. The van der Waals surface area contributed by atoms with Gasteiger partial charge in [0.25, 0.3) is 5.91 Å². The summed E-state index contributed by atoms with van der Waals surface area (Å²) in [4.78, 5) is 28.6. The summed E-state index contributed by atoms with van der Waals surface area (Å²) in [6.45, 7) is 2.74. The van der Waals surface area contributed by atoms with Crippen molar-refractivity contribution in [3.8, 4) is 27.4 Å². The number of nitro groups is 1. The Balaban J connectivity index is 1.64. The van der Waals surface area contributed by atoms with Crippen molar-refractivity contribution in [3.63, 3.8) is 0 Å². The molecule has 0 bridgehead atoms. The Hall–Kier alpha value is -3.63. The number of halogens is 1. The number of aromatic nitrogens is 1. The molecule has 7 nitrogen and oxygen atoms in total. The Morgan fingerprint density at radius 1 is 1.06 bits per heavy atom. The van der Waals surface area contributed by atoms with Crippen LogP contribution in [0.4, 0.5) is 14.5 Å². The highest BCUT2D eigenvalue weighted by Crippen LogP contribution is 2.40. The van der Waals surface area contributed by atoms with E-state index >= 15 is 0 Å². The summed E-state index contributed by atoms with van der Waals surface area (Å²) in [5.41, 5.74) is 2.19. The van der Waals surface area contributed by atoms with E-state index in [0.717, 1.165) is 45.9 Å². The van der Waals surface area contributed by atoms with Gasteiger partial charge in [0.15, 0.2) is 5.13 Å². The van der Waals surface area contributed by atoms with Crippen molar-refractivity contribution < 1.29 is 18.8 Å². The molecule has 0 spiro atoms. The maximum Gasteiger partial charge on any atom is 0.324 e. The summed E-state index contributed by atoms with van der Waals surface area (Å²) in [6.07, 6.45) is 2.02. The molecular weight excluding hydrogens is 477 g/mol. The molecule has 0 aliphatic heterocycles. The minimum absolute atomic E-state index is 0.113. The molecule has 2 heterocycles. The Labute approximate surface area is 203 Å². The summed E-state index contributed by atoms with van der Waals surface area (Å²) in [7, 11) is 0. The van der Waals surface area contributed by atoms with Crippen LogP contribution in [-0.4, -0.2) is 22.4 Å². The first-order valence-electron chi connectivity index (χ1n) is 10.5. The zero-order valence-electron chi connectivity index (χ0n) is 18.1. The number of carbonyl (C=O) groups excluding carboxylic acids is 1. The number of carbonyl (C=O) groups is 1. The number of anilines is 1. The lowest BCUT2D eigenvalue weighted by Gasteiger charge is -2.07. The van der Waals surface area contributed by atoms with Crippen LogP contribution in [0.1, 0.15) is 29.4 Å². The first kappa shape index (κ1) is 23.5. The van der Waals surface area contributed by atoms with Crippen LogP contribution >= 0.6 is 22.7 Å². The van der Waals surface area contributed by atoms with E-state index in [1.54, 1.807) is 12.1 Å². The maximum atomic E-state index is 13.5. The number of amides is 1. The maximum absolute atomic E-state index is 13.5.